The van der Waals surface area contributed by atoms with Gasteiger partial charge in [0.1, 0.15) is 17.2 Å². The summed E-state index contributed by atoms with van der Waals surface area (Å²) in [6.45, 7) is 2.61. The molecular formula is C18H20F2N4O5S. The Morgan fingerprint density at radius 2 is 2.07 bits per heavy atom. The van der Waals surface area contributed by atoms with Crippen LogP contribution >= 0.6 is 11.3 Å². The fourth-order valence-electron chi connectivity index (χ4n) is 3.46. The van der Waals surface area contributed by atoms with E-state index in [9.17, 15) is 28.5 Å². The van der Waals surface area contributed by atoms with Gasteiger partial charge >= 0.3 is 11.7 Å². The number of carbonyl (C=O) groups excluding carboxylic acids is 2. The van der Waals surface area contributed by atoms with Crippen molar-refractivity contribution in [3.8, 4) is 0 Å². The molecule has 162 valence electrons. The first-order valence-electron chi connectivity index (χ1n) is 9.35. The van der Waals surface area contributed by atoms with Crippen LogP contribution in [0.4, 0.5) is 19.5 Å². The Bertz CT molecular complexity index is 1000. The molecule has 0 fully saturated rings. The van der Waals surface area contributed by atoms with Crippen LogP contribution in [0.25, 0.3) is 0 Å². The van der Waals surface area contributed by atoms with Crippen molar-refractivity contribution >= 4 is 33.9 Å². The Kier molecular flexibility index (Phi) is 6.44. The molecule has 0 spiro atoms. The van der Waals surface area contributed by atoms with Gasteiger partial charge in [-0.3, -0.25) is 19.6 Å². The quantitative estimate of drug-likeness (QED) is 0.396. The molecule has 2 heterocycles. The summed E-state index contributed by atoms with van der Waals surface area (Å²) >= 11 is 1.29. The molecule has 0 saturated carbocycles. The first-order valence-corrected chi connectivity index (χ1v) is 10.2. The van der Waals surface area contributed by atoms with Gasteiger partial charge in [0.05, 0.1) is 17.1 Å². The third-order valence-electron chi connectivity index (χ3n) is 4.79. The molecule has 0 atom stereocenters. The zero-order valence-corrected chi connectivity index (χ0v) is 17.2. The number of rotatable bonds is 7. The topological polar surface area (TPSA) is 116 Å². The molecular weight excluding hydrogens is 422 g/mol. The van der Waals surface area contributed by atoms with Crippen molar-refractivity contribution in [1.29, 1.82) is 0 Å². The van der Waals surface area contributed by atoms with Crippen LogP contribution in [-0.4, -0.2) is 33.2 Å². The highest BCUT2D eigenvalue weighted by Gasteiger charge is 2.32. The number of carbonyl (C=O) groups is 2. The predicted molar refractivity (Wildman–Crippen MR) is 104 cm³/mol. The molecule has 1 amide bonds. The second-order valence-electron chi connectivity index (χ2n) is 6.72. The van der Waals surface area contributed by atoms with Crippen LogP contribution in [0.1, 0.15) is 58.4 Å². The molecule has 1 N–H and O–H groups in total. The van der Waals surface area contributed by atoms with E-state index in [2.05, 4.69) is 10.4 Å². The Labute approximate surface area is 174 Å². The fourth-order valence-corrected chi connectivity index (χ4v) is 4.76. The Balaban J connectivity index is 1.87. The summed E-state index contributed by atoms with van der Waals surface area (Å²) in [6, 6.07) is 0. The molecule has 1 aliphatic carbocycles. The molecule has 0 bridgehead atoms. The molecule has 0 aliphatic heterocycles. The predicted octanol–water partition coefficient (Wildman–Crippen LogP) is 3.79. The van der Waals surface area contributed by atoms with E-state index in [0.717, 1.165) is 34.4 Å². The molecule has 0 unspecified atom stereocenters. The Morgan fingerprint density at radius 3 is 2.67 bits per heavy atom. The van der Waals surface area contributed by atoms with Crippen LogP contribution in [0, 0.1) is 17.0 Å². The zero-order valence-electron chi connectivity index (χ0n) is 16.4. The van der Waals surface area contributed by atoms with Crippen molar-refractivity contribution in [1.82, 2.24) is 9.78 Å². The number of nitro groups is 1. The van der Waals surface area contributed by atoms with Crippen LogP contribution in [0.2, 0.25) is 0 Å². The summed E-state index contributed by atoms with van der Waals surface area (Å²) in [6.07, 6.45) is 0.266. The number of halogens is 2. The first kappa shape index (κ1) is 21.8. The lowest BCUT2D eigenvalue weighted by atomic mass is 9.95. The summed E-state index contributed by atoms with van der Waals surface area (Å²) in [4.78, 5) is 36.2. The number of esters is 1. The third kappa shape index (κ3) is 4.18. The molecule has 2 aromatic heterocycles. The third-order valence-corrected chi connectivity index (χ3v) is 5.99. The van der Waals surface area contributed by atoms with Crippen LogP contribution in [0.5, 0.6) is 0 Å². The maximum atomic E-state index is 13.1. The van der Waals surface area contributed by atoms with Crippen molar-refractivity contribution in [2.45, 2.75) is 52.5 Å². The molecule has 1 aliphatic rings. The second-order valence-corrected chi connectivity index (χ2v) is 7.82. The molecule has 0 saturated heterocycles. The lowest BCUT2D eigenvalue weighted by Crippen LogP contribution is -2.21. The van der Waals surface area contributed by atoms with Gasteiger partial charge in [-0.2, -0.15) is 5.10 Å². The van der Waals surface area contributed by atoms with Crippen LogP contribution in [0.15, 0.2) is 0 Å². The monoisotopic (exact) mass is 442 g/mol. The minimum absolute atomic E-state index is 0.151. The average molecular weight is 442 g/mol. The number of alkyl halides is 2. The number of hydrogen-bond acceptors (Lipinski definition) is 7. The van der Waals surface area contributed by atoms with E-state index in [-0.39, 0.29) is 12.3 Å². The Hall–Kier alpha value is -2.89. The molecule has 30 heavy (non-hydrogen) atoms. The normalized spacial score (nSPS) is 13.2. The van der Waals surface area contributed by atoms with Crippen molar-refractivity contribution in [2.75, 3.05) is 11.9 Å². The summed E-state index contributed by atoms with van der Waals surface area (Å²) in [7, 11) is 0. The van der Waals surface area contributed by atoms with Crippen molar-refractivity contribution in [2.24, 2.45) is 0 Å². The van der Waals surface area contributed by atoms with Gasteiger partial charge in [0.2, 0.25) is 11.6 Å². The first-order chi connectivity index (χ1) is 14.2. The summed E-state index contributed by atoms with van der Waals surface area (Å²) in [5, 5.41) is 17.6. The van der Waals surface area contributed by atoms with Gasteiger partial charge in [0.25, 0.3) is 6.43 Å². The lowest BCUT2D eigenvalue weighted by molar-refractivity contribution is -0.386. The SMILES string of the molecule is CCOC(=O)c1c(NC(=O)Cn2nc(C(F)F)c([N+](=O)[O-])c2C)sc2c1CCCC2. The molecule has 3 rings (SSSR count). The van der Waals surface area contributed by atoms with Crippen LogP contribution < -0.4 is 5.32 Å². The zero-order chi connectivity index (χ0) is 22.0. The van der Waals surface area contributed by atoms with E-state index in [4.69, 9.17) is 4.74 Å². The van der Waals surface area contributed by atoms with E-state index in [1.54, 1.807) is 6.92 Å². The molecule has 12 heteroatoms. The number of ether oxygens (including phenoxy) is 1. The van der Waals surface area contributed by atoms with Crippen molar-refractivity contribution in [3.63, 3.8) is 0 Å². The fraction of sp³-hybridized carbons (Fsp3) is 0.500. The number of aryl methyl sites for hydroxylation is 1. The van der Waals surface area contributed by atoms with Gasteiger partial charge in [-0.25, -0.2) is 13.6 Å². The van der Waals surface area contributed by atoms with E-state index < -0.39 is 41.2 Å². The number of nitrogens with one attached hydrogen (secondary N) is 1. The maximum Gasteiger partial charge on any atom is 0.341 e. The molecule has 0 radical (unpaired) electrons. The minimum atomic E-state index is -3.15. The minimum Gasteiger partial charge on any atom is -0.462 e. The molecule has 0 aromatic carbocycles. The number of hydrogen-bond donors (Lipinski definition) is 1. The smallest absolute Gasteiger partial charge is 0.341 e. The number of fused-ring (bicyclic) bond motifs is 1. The average Bonchev–Trinajstić information content (AvgIpc) is 3.19. The van der Waals surface area contributed by atoms with E-state index in [1.165, 1.54) is 18.3 Å². The van der Waals surface area contributed by atoms with Crippen molar-refractivity contribution in [3.05, 3.63) is 37.5 Å². The van der Waals surface area contributed by atoms with Gasteiger partial charge in [-0.15, -0.1) is 11.3 Å². The number of amides is 1. The highest BCUT2D eigenvalue weighted by Crippen LogP contribution is 2.38. The van der Waals surface area contributed by atoms with Gasteiger partial charge in [-0.05, 0) is 45.1 Å². The highest BCUT2D eigenvalue weighted by atomic mass is 32.1. The van der Waals surface area contributed by atoms with Crippen LogP contribution in [0.3, 0.4) is 0 Å². The largest absolute Gasteiger partial charge is 0.462 e. The van der Waals surface area contributed by atoms with Gasteiger partial charge in [-0.1, -0.05) is 0 Å². The number of thiophene rings is 1. The van der Waals surface area contributed by atoms with Crippen molar-refractivity contribution < 1.29 is 28.0 Å². The van der Waals surface area contributed by atoms with Gasteiger partial charge < -0.3 is 10.1 Å². The maximum absolute atomic E-state index is 13.1. The summed E-state index contributed by atoms with van der Waals surface area (Å²) in [5.74, 6) is -1.17. The van der Waals surface area contributed by atoms with E-state index >= 15 is 0 Å². The Morgan fingerprint density at radius 1 is 1.37 bits per heavy atom. The second kappa shape index (κ2) is 8.86. The standard InChI is InChI=1S/C18H20F2N4O5S/c1-3-29-18(26)13-10-6-4-5-7-11(10)30-17(13)21-12(25)8-23-9(2)15(24(27)28)14(22-23)16(19)20/h16H,3-8H2,1-2H3,(H,21,25). The molecule has 9 nitrogen and oxygen atoms in total. The van der Waals surface area contributed by atoms with Gasteiger partial charge in [0.15, 0.2) is 0 Å². The lowest BCUT2D eigenvalue weighted by Gasteiger charge is -2.12. The summed E-state index contributed by atoms with van der Waals surface area (Å²) < 4.78 is 32.2. The number of anilines is 1. The molecule has 2 aromatic rings. The summed E-state index contributed by atoms with van der Waals surface area (Å²) in [5.41, 5.74) is -0.755. The van der Waals surface area contributed by atoms with E-state index in [0.29, 0.717) is 17.0 Å². The highest BCUT2D eigenvalue weighted by molar-refractivity contribution is 7.17. The number of aromatic nitrogens is 2. The van der Waals surface area contributed by atoms with E-state index in [1.807, 2.05) is 0 Å². The van der Waals surface area contributed by atoms with Crippen LogP contribution in [-0.2, 0) is 28.9 Å². The van der Waals surface area contributed by atoms with Gasteiger partial charge in [0, 0.05) is 4.88 Å². The number of nitrogens with zero attached hydrogens (tertiary/aromatic N) is 3.